The quantitative estimate of drug-likeness (QED) is 0.761. The molecule has 0 fully saturated rings. The maximum atomic E-state index is 6.31. The van der Waals surface area contributed by atoms with Crippen molar-refractivity contribution < 1.29 is 0 Å². The van der Waals surface area contributed by atoms with Crippen molar-refractivity contribution in [1.29, 1.82) is 0 Å². The van der Waals surface area contributed by atoms with Crippen LogP contribution >= 0.6 is 11.8 Å². The lowest BCUT2D eigenvalue weighted by molar-refractivity contribution is 0.647. The molecule has 0 bridgehead atoms. The summed E-state index contributed by atoms with van der Waals surface area (Å²) in [5.74, 6) is 1.61. The molecule has 0 amide bonds. The summed E-state index contributed by atoms with van der Waals surface area (Å²) < 4.78 is 0. The highest BCUT2D eigenvalue weighted by molar-refractivity contribution is 7.99. The maximum Gasteiger partial charge on any atom is 0.0390 e. The van der Waals surface area contributed by atoms with Crippen LogP contribution in [-0.2, 0) is 6.42 Å². The van der Waals surface area contributed by atoms with Crippen LogP contribution < -0.4 is 5.73 Å². The SMILES string of the molecule is Cc1cccc(SCC(N)c2ccc(CC(C)C)cc2)c1. The van der Waals surface area contributed by atoms with Gasteiger partial charge in [0.2, 0.25) is 0 Å². The van der Waals surface area contributed by atoms with Crippen molar-refractivity contribution in [3.63, 3.8) is 0 Å². The lowest BCUT2D eigenvalue weighted by Crippen LogP contribution is -2.13. The van der Waals surface area contributed by atoms with Crippen LogP contribution in [0.2, 0.25) is 0 Å². The first-order chi connectivity index (χ1) is 10.0. The molecule has 0 heterocycles. The molecule has 21 heavy (non-hydrogen) atoms. The molecule has 1 nitrogen and oxygen atoms in total. The molecule has 2 N–H and O–H groups in total. The fraction of sp³-hybridized carbons (Fsp3) is 0.368. The third kappa shape index (κ3) is 5.22. The Bertz CT molecular complexity index is 560. The number of nitrogens with two attached hydrogens (primary N) is 1. The standard InChI is InChI=1S/C19H25NS/c1-14(2)11-16-7-9-17(10-8-16)19(20)13-21-18-6-4-5-15(3)12-18/h4-10,12,14,19H,11,13,20H2,1-3H3. The van der Waals surface area contributed by atoms with Crippen molar-refractivity contribution in [3.05, 3.63) is 65.2 Å². The third-order valence-electron chi connectivity index (χ3n) is 3.47. The first-order valence-electron chi connectivity index (χ1n) is 7.58. The van der Waals surface area contributed by atoms with E-state index < -0.39 is 0 Å². The minimum atomic E-state index is 0.0867. The van der Waals surface area contributed by atoms with Gasteiger partial charge in [-0.15, -0.1) is 11.8 Å². The Hall–Kier alpha value is -1.25. The number of hydrogen-bond acceptors (Lipinski definition) is 2. The smallest absolute Gasteiger partial charge is 0.0390 e. The van der Waals surface area contributed by atoms with Gasteiger partial charge in [-0.25, -0.2) is 0 Å². The Morgan fingerprint density at radius 3 is 2.38 bits per heavy atom. The van der Waals surface area contributed by atoms with Gasteiger partial charge in [0.15, 0.2) is 0 Å². The second kappa shape index (κ2) is 7.67. The van der Waals surface area contributed by atoms with Gasteiger partial charge in [-0.2, -0.15) is 0 Å². The fourth-order valence-electron chi connectivity index (χ4n) is 2.36. The van der Waals surface area contributed by atoms with E-state index in [1.165, 1.54) is 21.6 Å². The van der Waals surface area contributed by atoms with Gasteiger partial charge >= 0.3 is 0 Å². The van der Waals surface area contributed by atoms with Gasteiger partial charge < -0.3 is 5.73 Å². The summed E-state index contributed by atoms with van der Waals surface area (Å²) in [5, 5.41) is 0. The van der Waals surface area contributed by atoms with E-state index in [0.717, 1.165) is 12.2 Å². The molecule has 0 aliphatic heterocycles. The summed E-state index contributed by atoms with van der Waals surface area (Å²) in [6.07, 6.45) is 1.13. The lowest BCUT2D eigenvalue weighted by Gasteiger charge is -2.13. The van der Waals surface area contributed by atoms with E-state index in [1.807, 2.05) is 11.8 Å². The average Bonchev–Trinajstić information content (AvgIpc) is 2.45. The van der Waals surface area contributed by atoms with Gasteiger partial charge in [-0.05, 0) is 42.5 Å². The molecule has 2 rings (SSSR count). The van der Waals surface area contributed by atoms with Gasteiger partial charge in [0, 0.05) is 16.7 Å². The third-order valence-corrected chi connectivity index (χ3v) is 4.58. The van der Waals surface area contributed by atoms with Crippen molar-refractivity contribution in [1.82, 2.24) is 0 Å². The number of aryl methyl sites for hydroxylation is 1. The molecule has 2 aromatic carbocycles. The van der Waals surface area contributed by atoms with Crippen LogP contribution in [0.1, 0.15) is 36.6 Å². The van der Waals surface area contributed by atoms with E-state index in [-0.39, 0.29) is 6.04 Å². The van der Waals surface area contributed by atoms with Crippen molar-refractivity contribution in [2.24, 2.45) is 11.7 Å². The van der Waals surface area contributed by atoms with Crippen LogP contribution in [0.4, 0.5) is 0 Å². The predicted molar refractivity (Wildman–Crippen MR) is 93.8 cm³/mol. The first-order valence-corrected chi connectivity index (χ1v) is 8.57. The summed E-state index contributed by atoms with van der Waals surface area (Å²) in [4.78, 5) is 1.29. The van der Waals surface area contributed by atoms with E-state index in [9.17, 15) is 0 Å². The van der Waals surface area contributed by atoms with E-state index in [2.05, 4.69) is 69.3 Å². The molecular weight excluding hydrogens is 274 g/mol. The highest BCUT2D eigenvalue weighted by atomic mass is 32.2. The zero-order valence-electron chi connectivity index (χ0n) is 13.2. The monoisotopic (exact) mass is 299 g/mol. The summed E-state index contributed by atoms with van der Waals surface area (Å²) in [6.45, 7) is 6.62. The Balaban J connectivity index is 1.92. The molecular formula is C19H25NS. The van der Waals surface area contributed by atoms with Gasteiger partial charge in [0.05, 0.1) is 0 Å². The topological polar surface area (TPSA) is 26.0 Å². The zero-order chi connectivity index (χ0) is 15.2. The molecule has 0 aliphatic carbocycles. The number of benzene rings is 2. The highest BCUT2D eigenvalue weighted by Gasteiger charge is 2.07. The number of rotatable bonds is 6. The van der Waals surface area contributed by atoms with Crippen molar-refractivity contribution in [2.45, 2.75) is 38.1 Å². The lowest BCUT2D eigenvalue weighted by atomic mass is 10.0. The minimum absolute atomic E-state index is 0.0867. The van der Waals surface area contributed by atoms with Crippen LogP contribution in [0.15, 0.2) is 53.4 Å². The Labute approximate surface area is 133 Å². The first kappa shape index (κ1) is 16.1. The fourth-order valence-corrected chi connectivity index (χ4v) is 3.37. The summed E-state index contributed by atoms with van der Waals surface area (Å²) >= 11 is 1.83. The van der Waals surface area contributed by atoms with Crippen LogP contribution in [0.5, 0.6) is 0 Å². The van der Waals surface area contributed by atoms with Crippen molar-refractivity contribution in [3.8, 4) is 0 Å². The molecule has 0 spiro atoms. The van der Waals surface area contributed by atoms with E-state index >= 15 is 0 Å². The molecule has 1 unspecified atom stereocenters. The molecule has 0 radical (unpaired) electrons. The highest BCUT2D eigenvalue weighted by Crippen LogP contribution is 2.24. The van der Waals surface area contributed by atoms with E-state index in [4.69, 9.17) is 5.73 Å². The largest absolute Gasteiger partial charge is 0.323 e. The Kier molecular flexibility index (Phi) is 5.89. The summed E-state index contributed by atoms with van der Waals surface area (Å²) in [5.41, 5.74) is 10.2. The van der Waals surface area contributed by atoms with Crippen LogP contribution in [0, 0.1) is 12.8 Å². The molecule has 2 aromatic rings. The summed E-state index contributed by atoms with van der Waals surface area (Å²) in [6, 6.07) is 17.5. The normalized spacial score (nSPS) is 12.6. The van der Waals surface area contributed by atoms with Crippen LogP contribution in [-0.4, -0.2) is 5.75 Å². The second-order valence-electron chi connectivity index (χ2n) is 6.07. The molecule has 1 atom stereocenters. The maximum absolute atomic E-state index is 6.31. The van der Waals surface area contributed by atoms with Gasteiger partial charge in [0.25, 0.3) is 0 Å². The predicted octanol–water partition coefficient (Wildman–Crippen LogP) is 4.99. The van der Waals surface area contributed by atoms with Crippen molar-refractivity contribution in [2.75, 3.05) is 5.75 Å². The van der Waals surface area contributed by atoms with Gasteiger partial charge in [-0.1, -0.05) is 55.8 Å². The van der Waals surface area contributed by atoms with E-state index in [0.29, 0.717) is 5.92 Å². The minimum Gasteiger partial charge on any atom is -0.323 e. The molecule has 0 aliphatic rings. The number of hydrogen-bond donors (Lipinski definition) is 1. The molecule has 112 valence electrons. The molecule has 0 saturated carbocycles. The Morgan fingerprint density at radius 2 is 1.76 bits per heavy atom. The Morgan fingerprint density at radius 1 is 1.05 bits per heavy atom. The van der Waals surface area contributed by atoms with Crippen LogP contribution in [0.3, 0.4) is 0 Å². The second-order valence-corrected chi connectivity index (χ2v) is 7.17. The van der Waals surface area contributed by atoms with Crippen molar-refractivity contribution >= 4 is 11.8 Å². The molecule has 0 saturated heterocycles. The van der Waals surface area contributed by atoms with Gasteiger partial charge in [0.1, 0.15) is 0 Å². The summed E-state index contributed by atoms with van der Waals surface area (Å²) in [7, 11) is 0. The van der Waals surface area contributed by atoms with E-state index in [1.54, 1.807) is 0 Å². The van der Waals surface area contributed by atoms with Gasteiger partial charge in [-0.3, -0.25) is 0 Å². The molecule has 0 aromatic heterocycles. The van der Waals surface area contributed by atoms with Crippen LogP contribution in [0.25, 0.3) is 0 Å². The zero-order valence-corrected chi connectivity index (χ0v) is 14.0. The molecule has 2 heteroatoms. The average molecular weight is 299 g/mol. The number of thioether (sulfide) groups is 1.